The van der Waals surface area contributed by atoms with Crippen LogP contribution in [0.25, 0.3) is 0 Å². The zero-order chi connectivity index (χ0) is 12.1. The molecule has 1 aromatic heterocycles. The Kier molecular flexibility index (Phi) is 4.85. The summed E-state index contributed by atoms with van der Waals surface area (Å²) in [4.78, 5) is 12.4. The lowest BCUT2D eigenvalue weighted by molar-refractivity contribution is 0.0948. The minimum absolute atomic E-state index is 0.181. The van der Waals surface area contributed by atoms with E-state index in [9.17, 15) is 4.79 Å². The molecule has 1 unspecified atom stereocenters. The minimum atomic E-state index is -0.212. The van der Waals surface area contributed by atoms with Crippen LogP contribution in [-0.2, 0) is 0 Å². The second kappa shape index (κ2) is 5.93. The van der Waals surface area contributed by atoms with E-state index in [-0.39, 0.29) is 11.9 Å². The Labute approximate surface area is 105 Å². The topological polar surface area (TPSA) is 29.1 Å². The number of carbonyl (C=O) groups is 1. The molecule has 0 bridgehead atoms. The molecule has 0 saturated carbocycles. The predicted octanol–water partition coefficient (Wildman–Crippen LogP) is 3.24. The highest BCUT2D eigenvalue weighted by Gasteiger charge is 2.16. The van der Waals surface area contributed by atoms with Gasteiger partial charge in [0, 0.05) is 0 Å². The number of hydrogen-bond donors (Lipinski definition) is 1. The van der Waals surface area contributed by atoms with Crippen LogP contribution < -0.4 is 5.32 Å². The van der Waals surface area contributed by atoms with Crippen molar-refractivity contribution in [2.75, 3.05) is 0 Å². The monoisotopic (exact) mass is 255 g/mol. The van der Waals surface area contributed by atoms with Crippen molar-refractivity contribution in [2.24, 2.45) is 0 Å². The number of halogens is 1. The summed E-state index contributed by atoms with van der Waals surface area (Å²) in [5, 5.41) is 5.17. The SMILES string of the molecule is C#CC(CCC)NC(=O)c1scc(C)c1Cl. The highest BCUT2D eigenvalue weighted by atomic mass is 35.5. The summed E-state index contributed by atoms with van der Waals surface area (Å²) in [6.07, 6.45) is 7.05. The van der Waals surface area contributed by atoms with Crippen molar-refractivity contribution in [3.05, 3.63) is 20.8 Å². The normalized spacial score (nSPS) is 11.9. The van der Waals surface area contributed by atoms with E-state index in [0.29, 0.717) is 9.90 Å². The second-order valence-electron chi connectivity index (χ2n) is 3.54. The molecule has 1 N–H and O–H groups in total. The lowest BCUT2D eigenvalue weighted by Gasteiger charge is -2.11. The van der Waals surface area contributed by atoms with E-state index in [1.165, 1.54) is 11.3 Å². The fourth-order valence-electron chi connectivity index (χ4n) is 1.29. The van der Waals surface area contributed by atoms with Crippen LogP contribution in [0.1, 0.15) is 35.0 Å². The third-order valence-corrected chi connectivity index (χ3v) is 3.88. The molecule has 2 nitrogen and oxygen atoms in total. The van der Waals surface area contributed by atoms with Gasteiger partial charge in [-0.3, -0.25) is 4.79 Å². The Morgan fingerprint density at radius 1 is 1.75 bits per heavy atom. The van der Waals surface area contributed by atoms with Gasteiger partial charge in [-0.2, -0.15) is 0 Å². The predicted molar refractivity (Wildman–Crippen MR) is 69.1 cm³/mol. The Morgan fingerprint density at radius 2 is 2.44 bits per heavy atom. The number of hydrogen-bond acceptors (Lipinski definition) is 2. The van der Waals surface area contributed by atoms with Gasteiger partial charge in [0.2, 0.25) is 0 Å². The van der Waals surface area contributed by atoms with Crippen molar-refractivity contribution in [3.8, 4) is 12.3 Å². The molecule has 1 aromatic rings. The molecule has 0 radical (unpaired) electrons. The molecule has 1 amide bonds. The van der Waals surface area contributed by atoms with E-state index in [2.05, 4.69) is 11.2 Å². The number of nitrogens with one attached hydrogen (secondary N) is 1. The first kappa shape index (κ1) is 13.1. The molecule has 0 saturated heterocycles. The van der Waals surface area contributed by atoms with Gasteiger partial charge in [-0.15, -0.1) is 17.8 Å². The largest absolute Gasteiger partial charge is 0.338 e. The van der Waals surface area contributed by atoms with Gasteiger partial charge in [0.15, 0.2) is 0 Å². The molecule has 1 atom stereocenters. The Hall–Kier alpha value is -0.980. The Bertz CT molecular complexity index is 419. The number of thiophene rings is 1. The Morgan fingerprint density at radius 3 is 2.88 bits per heavy atom. The zero-order valence-corrected chi connectivity index (χ0v) is 10.9. The summed E-state index contributed by atoms with van der Waals surface area (Å²) >= 11 is 7.35. The van der Waals surface area contributed by atoms with Crippen molar-refractivity contribution in [3.63, 3.8) is 0 Å². The molecular weight excluding hydrogens is 242 g/mol. The molecule has 0 aliphatic heterocycles. The molecule has 0 aliphatic rings. The number of terminal acetylenes is 1. The molecule has 0 fully saturated rings. The molecule has 1 heterocycles. The molecule has 0 aliphatic carbocycles. The van der Waals surface area contributed by atoms with E-state index in [0.717, 1.165) is 18.4 Å². The van der Waals surface area contributed by atoms with Crippen LogP contribution in [0.3, 0.4) is 0 Å². The van der Waals surface area contributed by atoms with E-state index in [1.807, 2.05) is 19.2 Å². The van der Waals surface area contributed by atoms with Gasteiger partial charge < -0.3 is 5.32 Å². The van der Waals surface area contributed by atoms with Crippen molar-refractivity contribution in [2.45, 2.75) is 32.7 Å². The molecular formula is C12H14ClNOS. The van der Waals surface area contributed by atoms with E-state index >= 15 is 0 Å². The van der Waals surface area contributed by atoms with Crippen molar-refractivity contribution in [1.29, 1.82) is 0 Å². The maximum atomic E-state index is 11.8. The first-order valence-electron chi connectivity index (χ1n) is 5.10. The van der Waals surface area contributed by atoms with Crippen molar-refractivity contribution in [1.82, 2.24) is 5.32 Å². The van der Waals surface area contributed by atoms with Crippen LogP contribution in [0.4, 0.5) is 0 Å². The third kappa shape index (κ3) is 3.01. The third-order valence-electron chi connectivity index (χ3n) is 2.19. The standard InChI is InChI=1S/C12H14ClNOS/c1-4-6-9(5-2)14-12(15)11-10(13)8(3)7-16-11/h2,7,9H,4,6H2,1,3H3,(H,14,15). The fraction of sp³-hybridized carbons (Fsp3) is 0.417. The van der Waals surface area contributed by atoms with Gasteiger partial charge in [-0.1, -0.05) is 30.9 Å². The van der Waals surface area contributed by atoms with Crippen LogP contribution in [-0.4, -0.2) is 11.9 Å². The quantitative estimate of drug-likeness (QED) is 0.823. The van der Waals surface area contributed by atoms with Crippen LogP contribution >= 0.6 is 22.9 Å². The summed E-state index contributed by atoms with van der Waals surface area (Å²) in [5.74, 6) is 2.38. The number of rotatable bonds is 4. The lowest BCUT2D eigenvalue weighted by atomic mass is 10.2. The van der Waals surface area contributed by atoms with Crippen molar-refractivity contribution < 1.29 is 4.79 Å². The molecule has 86 valence electrons. The lowest BCUT2D eigenvalue weighted by Crippen LogP contribution is -2.33. The smallest absolute Gasteiger partial charge is 0.263 e. The van der Waals surface area contributed by atoms with Gasteiger partial charge in [0.05, 0.1) is 11.1 Å². The molecule has 0 aromatic carbocycles. The van der Waals surface area contributed by atoms with E-state index in [4.69, 9.17) is 18.0 Å². The Balaban J connectivity index is 2.73. The highest BCUT2D eigenvalue weighted by molar-refractivity contribution is 7.13. The second-order valence-corrected chi connectivity index (χ2v) is 4.80. The van der Waals surface area contributed by atoms with Crippen molar-refractivity contribution >= 4 is 28.8 Å². The van der Waals surface area contributed by atoms with Crippen LogP contribution in [0.15, 0.2) is 5.38 Å². The highest BCUT2D eigenvalue weighted by Crippen LogP contribution is 2.26. The van der Waals surface area contributed by atoms with Gasteiger partial charge in [0.1, 0.15) is 4.88 Å². The first-order chi connectivity index (χ1) is 7.60. The van der Waals surface area contributed by atoms with Crippen LogP contribution in [0.5, 0.6) is 0 Å². The molecule has 4 heteroatoms. The summed E-state index contributed by atoms with van der Waals surface area (Å²) in [6, 6.07) is -0.212. The van der Waals surface area contributed by atoms with Crippen LogP contribution in [0.2, 0.25) is 5.02 Å². The van der Waals surface area contributed by atoms with Crippen LogP contribution in [0, 0.1) is 19.3 Å². The summed E-state index contributed by atoms with van der Waals surface area (Å²) in [7, 11) is 0. The minimum Gasteiger partial charge on any atom is -0.338 e. The fourth-order valence-corrected chi connectivity index (χ4v) is 2.47. The number of amides is 1. The molecule has 1 rings (SSSR count). The maximum absolute atomic E-state index is 11.8. The van der Waals surface area contributed by atoms with E-state index < -0.39 is 0 Å². The van der Waals surface area contributed by atoms with E-state index in [1.54, 1.807) is 0 Å². The van der Waals surface area contributed by atoms with Gasteiger partial charge in [0.25, 0.3) is 5.91 Å². The number of aryl methyl sites for hydroxylation is 1. The van der Waals surface area contributed by atoms with Gasteiger partial charge in [-0.25, -0.2) is 0 Å². The molecule has 16 heavy (non-hydrogen) atoms. The first-order valence-corrected chi connectivity index (χ1v) is 6.36. The van der Waals surface area contributed by atoms with Gasteiger partial charge >= 0.3 is 0 Å². The maximum Gasteiger partial charge on any atom is 0.263 e. The summed E-state index contributed by atoms with van der Waals surface area (Å²) in [5.41, 5.74) is 0.921. The summed E-state index contributed by atoms with van der Waals surface area (Å²) in [6.45, 7) is 3.90. The van der Waals surface area contributed by atoms with Gasteiger partial charge in [-0.05, 0) is 24.3 Å². The average Bonchev–Trinajstić information content (AvgIpc) is 2.59. The average molecular weight is 256 g/mol. The zero-order valence-electron chi connectivity index (χ0n) is 9.34. The number of carbonyl (C=O) groups excluding carboxylic acids is 1. The summed E-state index contributed by atoms with van der Waals surface area (Å²) < 4.78 is 0. The molecule has 0 spiro atoms.